The van der Waals surface area contributed by atoms with Crippen LogP contribution in [0.25, 0.3) is 0 Å². The van der Waals surface area contributed by atoms with Crippen LogP contribution in [0.1, 0.15) is 17.9 Å². The number of nitro groups is 1. The van der Waals surface area contributed by atoms with E-state index < -0.39 is 4.92 Å². The number of hydrogen-bond donors (Lipinski definition) is 0. The van der Waals surface area contributed by atoms with E-state index in [-0.39, 0.29) is 53.5 Å². The minimum atomic E-state index is -0.511. The van der Waals surface area contributed by atoms with Crippen molar-refractivity contribution in [1.82, 2.24) is 5.01 Å². The van der Waals surface area contributed by atoms with Gasteiger partial charge in [0.1, 0.15) is 18.1 Å². The van der Waals surface area contributed by atoms with E-state index in [1.165, 1.54) is 18.3 Å². The van der Waals surface area contributed by atoms with Gasteiger partial charge in [-0.2, -0.15) is 10.1 Å². The van der Waals surface area contributed by atoms with Crippen molar-refractivity contribution in [3.8, 4) is 5.75 Å². The molecule has 1 aliphatic heterocycles. The van der Waals surface area contributed by atoms with Crippen LogP contribution in [0.3, 0.4) is 0 Å². The molecule has 7 rings (SSSR count). The smallest absolute Gasteiger partial charge is 0.310 e. The van der Waals surface area contributed by atoms with Gasteiger partial charge in [0.05, 0.1) is 23.0 Å². The van der Waals surface area contributed by atoms with Crippen LogP contribution in [0.5, 0.6) is 5.75 Å². The maximum absolute atomic E-state index is 12.9. The van der Waals surface area contributed by atoms with Gasteiger partial charge >= 0.3 is 5.69 Å². The minimum absolute atomic E-state index is 0.0117. The van der Waals surface area contributed by atoms with Crippen molar-refractivity contribution in [2.75, 3.05) is 0 Å². The van der Waals surface area contributed by atoms with Gasteiger partial charge in [-0.05, 0) is 48.3 Å². The van der Waals surface area contributed by atoms with E-state index in [2.05, 4.69) is 17.3 Å². The first-order valence-corrected chi connectivity index (χ1v) is 10.6. The Morgan fingerprint density at radius 3 is 2.47 bits per heavy atom. The lowest BCUT2D eigenvalue weighted by molar-refractivity contribution is -0.386. The van der Waals surface area contributed by atoms with Crippen molar-refractivity contribution in [1.29, 1.82) is 0 Å². The molecular formula is C23H19N3O6. The van der Waals surface area contributed by atoms with Crippen LogP contribution in [0.15, 0.2) is 58.1 Å². The lowest BCUT2D eigenvalue weighted by Crippen LogP contribution is -2.40. The molecule has 6 atom stereocenters. The van der Waals surface area contributed by atoms with Gasteiger partial charge in [0.2, 0.25) is 0 Å². The van der Waals surface area contributed by atoms with E-state index in [0.29, 0.717) is 23.4 Å². The van der Waals surface area contributed by atoms with Gasteiger partial charge in [-0.3, -0.25) is 19.7 Å². The van der Waals surface area contributed by atoms with Crippen molar-refractivity contribution >= 4 is 23.7 Å². The number of para-hydroxylation sites is 2. The number of hydrogen-bond acceptors (Lipinski definition) is 7. The summed E-state index contributed by atoms with van der Waals surface area (Å²) in [6.45, 7) is -0.0117. The van der Waals surface area contributed by atoms with Crippen LogP contribution >= 0.6 is 0 Å². The largest absolute Gasteiger partial charge is 0.479 e. The molecule has 1 saturated heterocycles. The van der Waals surface area contributed by atoms with Crippen molar-refractivity contribution < 1.29 is 23.7 Å². The number of carbonyl (C=O) groups excluding carboxylic acids is 2. The highest BCUT2D eigenvalue weighted by Crippen LogP contribution is 2.65. The molecule has 6 unspecified atom stereocenters. The van der Waals surface area contributed by atoms with Gasteiger partial charge in [-0.25, -0.2) is 0 Å². The summed E-state index contributed by atoms with van der Waals surface area (Å²) in [5.41, 5.74) is -0.130. The molecule has 1 aromatic heterocycles. The number of nitro benzene ring substituents is 1. The number of nitrogens with zero attached hydrogens (tertiary/aromatic N) is 3. The lowest BCUT2D eigenvalue weighted by Gasteiger charge is -2.37. The molecule has 2 aromatic rings. The Labute approximate surface area is 182 Å². The van der Waals surface area contributed by atoms with Crippen molar-refractivity contribution in [3.63, 3.8) is 0 Å². The highest BCUT2D eigenvalue weighted by molar-refractivity contribution is 6.06. The fourth-order valence-electron chi connectivity index (χ4n) is 5.59. The Bertz CT molecular complexity index is 1160. The van der Waals surface area contributed by atoms with Crippen LogP contribution < -0.4 is 4.74 Å². The fourth-order valence-corrected chi connectivity index (χ4v) is 5.59. The molecule has 32 heavy (non-hydrogen) atoms. The second-order valence-corrected chi connectivity index (χ2v) is 8.71. The zero-order chi connectivity index (χ0) is 22.0. The molecule has 9 nitrogen and oxygen atoms in total. The Morgan fingerprint density at radius 1 is 1.09 bits per heavy atom. The molecule has 0 radical (unpaired) electrons. The van der Waals surface area contributed by atoms with Crippen LogP contribution in [0.4, 0.5) is 5.69 Å². The molecule has 1 aromatic carbocycles. The second-order valence-electron chi connectivity index (χ2n) is 8.71. The number of imide groups is 1. The fraction of sp³-hybridized carbons (Fsp3) is 0.348. The lowest BCUT2D eigenvalue weighted by atomic mass is 9.63. The first-order chi connectivity index (χ1) is 15.5. The molecule has 162 valence electrons. The Balaban J connectivity index is 1.14. The molecule has 5 aliphatic rings. The molecule has 9 heteroatoms. The van der Waals surface area contributed by atoms with Crippen molar-refractivity contribution in [2.24, 2.45) is 40.6 Å². The molecule has 0 spiro atoms. The molecular weight excluding hydrogens is 414 g/mol. The first-order valence-electron chi connectivity index (χ1n) is 10.6. The predicted molar refractivity (Wildman–Crippen MR) is 110 cm³/mol. The summed E-state index contributed by atoms with van der Waals surface area (Å²) in [6, 6.07) is 9.38. The number of carbonyl (C=O) groups is 2. The third kappa shape index (κ3) is 2.80. The van der Waals surface area contributed by atoms with Gasteiger partial charge in [0, 0.05) is 6.07 Å². The number of ether oxygens (including phenoxy) is 1. The molecule has 0 N–H and O–H groups in total. The van der Waals surface area contributed by atoms with Gasteiger partial charge < -0.3 is 9.15 Å². The van der Waals surface area contributed by atoms with E-state index in [0.717, 1.165) is 11.4 Å². The van der Waals surface area contributed by atoms with E-state index >= 15 is 0 Å². The van der Waals surface area contributed by atoms with E-state index in [4.69, 9.17) is 9.15 Å². The summed E-state index contributed by atoms with van der Waals surface area (Å²) >= 11 is 0. The SMILES string of the molecule is O=C1C2C3C=CC(C4CC34)C2C(=O)N1/N=C/c1ccc(COc2ccccc2[N+](=O)[O-])o1. The molecule has 2 bridgehead atoms. The summed E-state index contributed by atoms with van der Waals surface area (Å²) in [7, 11) is 0. The third-order valence-electron chi connectivity index (χ3n) is 7.05. The third-order valence-corrected chi connectivity index (χ3v) is 7.05. The van der Waals surface area contributed by atoms with E-state index in [1.807, 2.05) is 0 Å². The Hall–Kier alpha value is -3.75. The average Bonchev–Trinajstić information content (AvgIpc) is 3.45. The predicted octanol–water partition coefficient (Wildman–Crippen LogP) is 3.15. The van der Waals surface area contributed by atoms with E-state index in [9.17, 15) is 19.7 Å². The zero-order valence-corrected chi connectivity index (χ0v) is 16.9. The van der Waals surface area contributed by atoms with Gasteiger partial charge in [0.25, 0.3) is 11.8 Å². The van der Waals surface area contributed by atoms with Gasteiger partial charge in [-0.1, -0.05) is 24.3 Å². The first kappa shape index (κ1) is 19.0. The van der Waals surface area contributed by atoms with Crippen LogP contribution in [0.2, 0.25) is 0 Å². The number of amides is 2. The second kappa shape index (κ2) is 6.88. The maximum Gasteiger partial charge on any atom is 0.310 e. The molecule has 2 saturated carbocycles. The standard InChI is InChI=1S/C23H19N3O6/c27-22-20-14-7-8-15(17-9-16(14)17)21(20)23(28)25(22)24-10-12-5-6-13(32-12)11-31-19-4-2-1-3-18(19)26(29)30/h1-8,10,14-17,20-21H,9,11H2/b24-10+. The summed E-state index contributed by atoms with van der Waals surface area (Å²) in [6.07, 6.45) is 6.70. The van der Waals surface area contributed by atoms with Crippen LogP contribution in [-0.2, 0) is 16.2 Å². The van der Waals surface area contributed by atoms with Gasteiger partial charge in [0.15, 0.2) is 5.75 Å². The monoisotopic (exact) mass is 433 g/mol. The highest BCUT2D eigenvalue weighted by Gasteiger charge is 2.67. The molecule has 4 aliphatic carbocycles. The highest BCUT2D eigenvalue weighted by atomic mass is 16.6. The maximum atomic E-state index is 12.9. The Kier molecular flexibility index (Phi) is 4.08. The minimum Gasteiger partial charge on any atom is -0.479 e. The van der Waals surface area contributed by atoms with Crippen molar-refractivity contribution in [2.45, 2.75) is 13.0 Å². The number of benzene rings is 1. The average molecular weight is 433 g/mol. The topological polar surface area (TPSA) is 115 Å². The summed E-state index contributed by atoms with van der Waals surface area (Å²) in [5.74, 6) is 1.27. The Morgan fingerprint density at radius 2 is 1.78 bits per heavy atom. The van der Waals surface area contributed by atoms with Crippen molar-refractivity contribution in [3.05, 3.63) is 70.2 Å². The number of rotatable bonds is 6. The zero-order valence-electron chi connectivity index (χ0n) is 16.9. The summed E-state index contributed by atoms with van der Waals surface area (Å²) in [4.78, 5) is 36.4. The normalized spacial score (nSPS) is 31.8. The molecule has 3 fully saturated rings. The van der Waals surface area contributed by atoms with Crippen LogP contribution in [0, 0.1) is 45.6 Å². The number of furan rings is 1. The molecule has 2 heterocycles. The number of allylic oxidation sites excluding steroid dienone is 2. The van der Waals surface area contributed by atoms with E-state index in [1.54, 1.807) is 24.3 Å². The van der Waals surface area contributed by atoms with Crippen LogP contribution in [-0.4, -0.2) is 28.0 Å². The summed E-state index contributed by atoms with van der Waals surface area (Å²) in [5, 5.41) is 16.2. The molecule has 2 amide bonds. The van der Waals surface area contributed by atoms with Gasteiger partial charge in [-0.15, -0.1) is 0 Å². The number of hydrazone groups is 1. The quantitative estimate of drug-likeness (QED) is 0.227. The summed E-state index contributed by atoms with van der Waals surface area (Å²) < 4.78 is 11.1.